The highest BCUT2D eigenvalue weighted by Gasteiger charge is 2.34. The van der Waals surface area contributed by atoms with Crippen LogP contribution in [-0.2, 0) is 0 Å². The monoisotopic (exact) mass is 1270 g/mol. The molecule has 100 heavy (non-hydrogen) atoms. The first kappa shape index (κ1) is 56.9. The first-order chi connectivity index (χ1) is 49.6. The van der Waals surface area contributed by atoms with Crippen molar-refractivity contribution in [1.82, 2.24) is 23.3 Å². The van der Waals surface area contributed by atoms with Crippen LogP contribution in [0.15, 0.2) is 370 Å². The highest BCUT2D eigenvalue weighted by atomic mass is 15.2. The zero-order valence-corrected chi connectivity index (χ0v) is 54.5. The van der Waals surface area contributed by atoms with Crippen molar-refractivity contribution in [1.29, 1.82) is 0 Å². The predicted molar refractivity (Wildman–Crippen MR) is 420 cm³/mol. The van der Waals surface area contributed by atoms with Gasteiger partial charge in [0.2, 0.25) is 0 Å². The molecular weight excluding hydrogens is 1210 g/mol. The van der Waals surface area contributed by atoms with Gasteiger partial charge in [-0.1, -0.05) is 279 Å². The second kappa shape index (κ2) is 23.2. The summed E-state index contributed by atoms with van der Waals surface area (Å²) >= 11 is 0. The van der Waals surface area contributed by atoms with Gasteiger partial charge in [-0.15, -0.1) is 0 Å². The maximum Gasteiger partial charge on any atom is 0.165 e. The first-order valence-corrected chi connectivity index (χ1v) is 34.3. The molecule has 466 valence electrons. The van der Waals surface area contributed by atoms with E-state index in [2.05, 4.69) is 388 Å². The van der Waals surface area contributed by atoms with Gasteiger partial charge in [-0.3, -0.25) is 9.13 Å². The van der Waals surface area contributed by atoms with E-state index in [9.17, 15) is 0 Å². The number of benzene rings is 15. The summed E-state index contributed by atoms with van der Waals surface area (Å²) < 4.78 is 10.1. The Morgan fingerprint density at radius 3 is 0.640 bits per heavy atom. The largest absolute Gasteiger partial charge is 0.305 e. The SMILES string of the molecule is c1ccc(-c2cc(-c3ccccc3)cc(-c3c(-n4c5ccc(-c6ccccc6)cc5c5cc(-c6ccccc6)ccc54)c(-n4c5ccccc5c5ccccc54)nc(-n4c5ccccc5c5ccccc54)c3-n3c4ccc(-c5ccccc5)cc4c4cc(-c5ccccc5)ccc43)c2)cc1. The maximum absolute atomic E-state index is 6.69. The molecule has 0 N–H and O–H groups in total. The summed E-state index contributed by atoms with van der Waals surface area (Å²) in [5, 5.41) is 9.07. The van der Waals surface area contributed by atoms with Crippen LogP contribution in [0.25, 0.3) is 188 Å². The number of nitrogens with zero attached hydrogens (tertiary/aromatic N) is 5. The molecule has 15 aromatic carbocycles. The highest BCUT2D eigenvalue weighted by molar-refractivity contribution is 6.17. The standard InChI is InChI=1S/C95H61N5/c1-7-27-62(28-8-1)68-47-51-87-79(58-68)80-59-69(63-29-9-2-10-30-63)48-52-88(80)97(87)92-91(74-56-72(66-35-15-5-16-36-66)55-73(57-74)67-37-17-6-18-38-67)93(98-89-53-49-70(64-31-11-3-12-32-64)60-81(89)82-61-71(50-54-90(82)98)65-33-13-4-14-34-65)95(100-85-45-25-21-41-77(85)78-42-22-26-46-86(78)100)96-94(92)99-83-43-23-19-39-75(83)76-40-20-24-44-84(76)99/h1-61H. The number of hydrogen-bond donors (Lipinski definition) is 0. The summed E-state index contributed by atoms with van der Waals surface area (Å²) in [7, 11) is 0. The van der Waals surface area contributed by atoms with Gasteiger partial charge in [0.15, 0.2) is 11.6 Å². The van der Waals surface area contributed by atoms with Crippen LogP contribution in [0.5, 0.6) is 0 Å². The zero-order chi connectivity index (χ0) is 65.8. The van der Waals surface area contributed by atoms with E-state index in [0.29, 0.717) is 0 Å². The van der Waals surface area contributed by atoms with Crippen molar-refractivity contribution in [2.75, 3.05) is 0 Å². The summed E-state index contributed by atoms with van der Waals surface area (Å²) in [6.07, 6.45) is 0. The molecule has 0 radical (unpaired) electrons. The van der Waals surface area contributed by atoms with Gasteiger partial charge in [0.25, 0.3) is 0 Å². The molecule has 0 saturated carbocycles. The van der Waals surface area contributed by atoms with E-state index in [1.807, 2.05) is 0 Å². The molecule has 0 spiro atoms. The van der Waals surface area contributed by atoms with Gasteiger partial charge >= 0.3 is 0 Å². The summed E-state index contributed by atoms with van der Waals surface area (Å²) in [5.74, 6) is 1.55. The van der Waals surface area contributed by atoms with Gasteiger partial charge in [0.1, 0.15) is 11.4 Å². The number of hydrogen-bond acceptors (Lipinski definition) is 1. The highest BCUT2D eigenvalue weighted by Crippen LogP contribution is 2.51. The van der Waals surface area contributed by atoms with Crippen molar-refractivity contribution in [2.24, 2.45) is 0 Å². The minimum Gasteiger partial charge on any atom is -0.305 e. The van der Waals surface area contributed by atoms with Crippen LogP contribution < -0.4 is 0 Å². The van der Waals surface area contributed by atoms with Crippen molar-refractivity contribution in [3.63, 3.8) is 0 Å². The molecule has 0 aliphatic rings. The lowest BCUT2D eigenvalue weighted by Crippen LogP contribution is -2.16. The van der Waals surface area contributed by atoms with Gasteiger partial charge in [0.05, 0.1) is 44.1 Å². The van der Waals surface area contributed by atoms with Crippen LogP contribution in [0.3, 0.4) is 0 Å². The molecule has 0 saturated heterocycles. The second-order valence-corrected chi connectivity index (χ2v) is 26.2. The normalized spacial score (nSPS) is 11.8. The average molecular weight is 1270 g/mol. The van der Waals surface area contributed by atoms with Crippen LogP contribution in [0.2, 0.25) is 0 Å². The molecular formula is C95H61N5. The molecule has 0 atom stereocenters. The molecule has 5 nitrogen and oxygen atoms in total. The van der Waals surface area contributed by atoms with Crippen molar-refractivity contribution in [3.8, 4) is 101 Å². The number of fused-ring (bicyclic) bond motifs is 12. The Morgan fingerprint density at radius 2 is 0.370 bits per heavy atom. The van der Waals surface area contributed by atoms with Crippen molar-refractivity contribution >= 4 is 87.2 Å². The molecule has 5 heterocycles. The molecule has 5 heteroatoms. The summed E-state index contributed by atoms with van der Waals surface area (Å²) in [4.78, 5) is 6.69. The van der Waals surface area contributed by atoms with E-state index in [4.69, 9.17) is 4.98 Å². The Hall–Kier alpha value is -13.4. The van der Waals surface area contributed by atoms with E-state index >= 15 is 0 Å². The van der Waals surface area contributed by atoms with Crippen molar-refractivity contribution < 1.29 is 0 Å². The number of para-hydroxylation sites is 4. The fourth-order valence-electron chi connectivity index (χ4n) is 16.0. The van der Waals surface area contributed by atoms with Crippen LogP contribution in [0.1, 0.15) is 0 Å². The first-order valence-electron chi connectivity index (χ1n) is 34.3. The van der Waals surface area contributed by atoms with Gasteiger partial charge in [-0.2, -0.15) is 0 Å². The van der Waals surface area contributed by atoms with Crippen LogP contribution in [0, 0.1) is 0 Å². The van der Waals surface area contributed by atoms with Crippen LogP contribution in [0.4, 0.5) is 0 Å². The second-order valence-electron chi connectivity index (χ2n) is 26.2. The topological polar surface area (TPSA) is 32.6 Å². The van der Waals surface area contributed by atoms with E-state index < -0.39 is 0 Å². The van der Waals surface area contributed by atoms with Crippen molar-refractivity contribution in [2.45, 2.75) is 0 Å². The third kappa shape index (κ3) is 9.13. The molecule has 5 aromatic heterocycles. The molecule has 0 aliphatic carbocycles. The Kier molecular flexibility index (Phi) is 13.2. The van der Waals surface area contributed by atoms with Gasteiger partial charge in [-0.05, 0) is 163 Å². The fraction of sp³-hybridized carbons (Fsp3) is 0. The third-order valence-electron chi connectivity index (χ3n) is 20.5. The minimum atomic E-state index is 0.774. The van der Waals surface area contributed by atoms with E-state index in [1.54, 1.807) is 0 Å². The summed E-state index contributed by atoms with van der Waals surface area (Å²) in [6.45, 7) is 0. The molecule has 0 amide bonds. The molecule has 0 unspecified atom stereocenters. The van der Waals surface area contributed by atoms with Gasteiger partial charge < -0.3 is 9.13 Å². The van der Waals surface area contributed by atoms with Crippen LogP contribution >= 0.6 is 0 Å². The molecule has 0 aliphatic heterocycles. The zero-order valence-electron chi connectivity index (χ0n) is 54.5. The van der Waals surface area contributed by atoms with E-state index in [1.165, 1.54) is 0 Å². The Morgan fingerprint density at radius 1 is 0.150 bits per heavy atom. The minimum absolute atomic E-state index is 0.774. The predicted octanol–water partition coefficient (Wildman–Crippen LogP) is 25.1. The van der Waals surface area contributed by atoms with Crippen LogP contribution in [-0.4, -0.2) is 23.3 Å². The Labute approximate surface area is 577 Å². The lowest BCUT2D eigenvalue weighted by atomic mass is 9.91. The number of aromatic nitrogens is 5. The number of rotatable bonds is 11. The molecule has 0 fully saturated rings. The Bertz CT molecular complexity index is 5910. The molecule has 0 bridgehead atoms. The van der Waals surface area contributed by atoms with Gasteiger partial charge in [0, 0.05) is 48.7 Å². The maximum atomic E-state index is 6.69. The lowest BCUT2D eigenvalue weighted by molar-refractivity contribution is 0.961. The molecule has 20 rings (SSSR count). The fourth-order valence-corrected chi connectivity index (χ4v) is 16.0. The lowest BCUT2D eigenvalue weighted by Gasteiger charge is -2.27. The summed E-state index contributed by atoms with van der Waals surface area (Å²) in [5.41, 5.74) is 25.8. The Balaban J connectivity index is 1.07. The summed E-state index contributed by atoms with van der Waals surface area (Å²) in [6, 6.07) is 136. The van der Waals surface area contributed by atoms with Crippen molar-refractivity contribution in [3.05, 3.63) is 370 Å². The average Bonchev–Trinajstić information content (AvgIpc) is 1.49. The number of pyridine rings is 1. The third-order valence-corrected chi connectivity index (χ3v) is 20.5. The molecule has 20 aromatic rings. The van der Waals surface area contributed by atoms with Gasteiger partial charge in [-0.25, -0.2) is 4.98 Å². The van der Waals surface area contributed by atoms with E-state index in [-0.39, 0.29) is 0 Å². The quantitative estimate of drug-likeness (QED) is 0.127. The smallest absolute Gasteiger partial charge is 0.165 e. The van der Waals surface area contributed by atoms with E-state index in [0.717, 1.165) is 188 Å².